The van der Waals surface area contributed by atoms with E-state index in [0.717, 1.165) is 10.5 Å². The quantitative estimate of drug-likeness (QED) is 0.748. The third kappa shape index (κ3) is 2.65. The minimum Gasteiger partial charge on any atom is -0.606 e. The molecule has 0 bridgehead atoms. The van der Waals surface area contributed by atoms with E-state index in [1.165, 1.54) is 5.56 Å². The molecule has 17 heavy (non-hydrogen) atoms. The molecule has 1 nitrogen and oxygen atoms in total. The molecule has 1 unspecified atom stereocenters. The summed E-state index contributed by atoms with van der Waals surface area (Å²) in [6.45, 7) is 3.99. The van der Waals surface area contributed by atoms with Crippen LogP contribution in [0.15, 0.2) is 52.3 Å². The highest BCUT2D eigenvalue weighted by Crippen LogP contribution is 2.29. The highest BCUT2D eigenvalue weighted by atomic mass is 35.5. The van der Waals surface area contributed by atoms with Crippen LogP contribution in [0.3, 0.4) is 0 Å². The van der Waals surface area contributed by atoms with Gasteiger partial charge >= 0.3 is 0 Å². The molecule has 0 fully saturated rings. The van der Waals surface area contributed by atoms with E-state index in [9.17, 15) is 4.55 Å². The average Bonchev–Trinajstić information content (AvgIpc) is 2.29. The summed E-state index contributed by atoms with van der Waals surface area (Å²) in [6.07, 6.45) is 0. The summed E-state index contributed by atoms with van der Waals surface area (Å²) in [5.74, 6) is 0. The third-order valence-electron chi connectivity index (χ3n) is 2.57. The summed E-state index contributed by atoms with van der Waals surface area (Å²) >= 11 is 4.85. The van der Waals surface area contributed by atoms with Crippen molar-refractivity contribution in [1.82, 2.24) is 0 Å². The van der Waals surface area contributed by atoms with Crippen molar-refractivity contribution in [3.8, 4) is 0 Å². The van der Waals surface area contributed by atoms with Gasteiger partial charge in [0.05, 0.1) is 5.02 Å². The van der Waals surface area contributed by atoms with E-state index < -0.39 is 11.2 Å². The molecule has 1 atom stereocenters. The van der Waals surface area contributed by atoms with Crippen molar-refractivity contribution in [1.29, 1.82) is 0 Å². The first-order chi connectivity index (χ1) is 8.09. The fourth-order valence-electron chi connectivity index (χ4n) is 1.72. The van der Waals surface area contributed by atoms with Crippen molar-refractivity contribution in [3.05, 3.63) is 58.6 Å². The number of aryl methyl sites for hydroxylation is 2. The summed E-state index contributed by atoms with van der Waals surface area (Å²) in [6, 6.07) is 13.2. The van der Waals surface area contributed by atoms with Crippen LogP contribution in [-0.2, 0) is 11.2 Å². The van der Waals surface area contributed by atoms with Crippen molar-refractivity contribution in [2.45, 2.75) is 23.6 Å². The Kier molecular flexibility index (Phi) is 3.77. The van der Waals surface area contributed by atoms with Crippen molar-refractivity contribution in [2.75, 3.05) is 0 Å². The molecule has 0 radical (unpaired) electrons. The van der Waals surface area contributed by atoms with Crippen LogP contribution in [0.4, 0.5) is 0 Å². The Morgan fingerprint density at radius 3 is 2.35 bits per heavy atom. The monoisotopic (exact) mass is 264 g/mol. The Bertz CT molecular complexity index is 539. The van der Waals surface area contributed by atoms with Gasteiger partial charge < -0.3 is 4.55 Å². The number of halogens is 1. The Balaban J connectivity index is 2.44. The zero-order chi connectivity index (χ0) is 12.4. The lowest BCUT2D eigenvalue weighted by atomic mass is 10.2. The van der Waals surface area contributed by atoms with Crippen molar-refractivity contribution in [2.24, 2.45) is 0 Å². The second kappa shape index (κ2) is 5.13. The number of rotatable bonds is 2. The Morgan fingerprint density at radius 2 is 1.71 bits per heavy atom. The first-order valence-electron chi connectivity index (χ1n) is 5.33. The standard InChI is InChI=1S/C14H13ClOS/c1-10-7-8-13(11(2)9-10)17(16)14-6-4-3-5-12(14)15/h3-9H,1-2H3. The normalized spacial score (nSPS) is 12.5. The van der Waals surface area contributed by atoms with Gasteiger partial charge in [-0.3, -0.25) is 0 Å². The predicted octanol–water partition coefficient (Wildman–Crippen LogP) is 4.12. The molecule has 0 heterocycles. The molecule has 2 rings (SSSR count). The lowest BCUT2D eigenvalue weighted by Crippen LogP contribution is -2.05. The van der Waals surface area contributed by atoms with Crippen molar-refractivity contribution >= 4 is 22.8 Å². The molecule has 0 saturated carbocycles. The Hall–Kier alpha value is -0.960. The van der Waals surface area contributed by atoms with Crippen LogP contribution >= 0.6 is 11.6 Å². The zero-order valence-electron chi connectivity index (χ0n) is 9.74. The molecule has 2 aromatic carbocycles. The molecule has 3 heteroatoms. The maximum absolute atomic E-state index is 12.4. The maximum atomic E-state index is 12.4. The largest absolute Gasteiger partial charge is 0.606 e. The highest BCUT2D eigenvalue weighted by Gasteiger charge is 2.19. The van der Waals surface area contributed by atoms with Crippen LogP contribution in [-0.4, -0.2) is 4.55 Å². The van der Waals surface area contributed by atoms with Crippen LogP contribution in [0.1, 0.15) is 11.1 Å². The number of hydrogen-bond acceptors (Lipinski definition) is 1. The van der Waals surface area contributed by atoms with Gasteiger partial charge in [0.2, 0.25) is 0 Å². The van der Waals surface area contributed by atoms with E-state index in [1.807, 2.05) is 44.2 Å². The summed E-state index contributed by atoms with van der Waals surface area (Å²) < 4.78 is 12.4. The van der Waals surface area contributed by atoms with E-state index in [1.54, 1.807) is 12.1 Å². The molecule has 0 aliphatic rings. The van der Waals surface area contributed by atoms with Gasteiger partial charge in [-0.2, -0.15) is 0 Å². The average molecular weight is 265 g/mol. The zero-order valence-corrected chi connectivity index (χ0v) is 11.3. The van der Waals surface area contributed by atoms with E-state index in [-0.39, 0.29) is 0 Å². The first kappa shape index (κ1) is 12.5. The molecule has 0 N–H and O–H groups in total. The van der Waals surface area contributed by atoms with Crippen LogP contribution < -0.4 is 0 Å². The number of benzene rings is 2. The minimum atomic E-state index is -1.21. The molecule has 0 amide bonds. The maximum Gasteiger partial charge on any atom is 0.177 e. The van der Waals surface area contributed by atoms with Gasteiger partial charge in [-0.1, -0.05) is 41.4 Å². The van der Waals surface area contributed by atoms with Crippen LogP contribution in [0.5, 0.6) is 0 Å². The molecule has 88 valence electrons. The molecule has 2 aromatic rings. The van der Waals surface area contributed by atoms with Gasteiger partial charge in [-0.25, -0.2) is 0 Å². The second-order valence-corrected chi connectivity index (χ2v) is 5.79. The van der Waals surface area contributed by atoms with Crippen LogP contribution in [0.2, 0.25) is 5.02 Å². The highest BCUT2D eigenvalue weighted by molar-refractivity contribution is 7.91. The fraction of sp³-hybridized carbons (Fsp3) is 0.143. The van der Waals surface area contributed by atoms with Gasteiger partial charge in [0, 0.05) is 16.7 Å². The molecule has 0 spiro atoms. The molecular weight excluding hydrogens is 252 g/mol. The molecular formula is C14H13ClOS. The van der Waals surface area contributed by atoms with E-state index in [4.69, 9.17) is 11.6 Å². The molecule has 0 aliphatic heterocycles. The lowest BCUT2D eigenvalue weighted by Gasteiger charge is -2.13. The van der Waals surface area contributed by atoms with E-state index in [0.29, 0.717) is 9.92 Å². The van der Waals surface area contributed by atoms with Gasteiger partial charge in [0.1, 0.15) is 0 Å². The van der Waals surface area contributed by atoms with Gasteiger partial charge in [0.25, 0.3) is 0 Å². The minimum absolute atomic E-state index is 0.547. The second-order valence-electron chi connectivity index (χ2n) is 3.97. The van der Waals surface area contributed by atoms with Gasteiger partial charge in [-0.15, -0.1) is 0 Å². The van der Waals surface area contributed by atoms with Crippen LogP contribution in [0, 0.1) is 13.8 Å². The Morgan fingerprint density at radius 1 is 1.00 bits per heavy atom. The number of hydrogen-bond donors (Lipinski definition) is 0. The predicted molar refractivity (Wildman–Crippen MR) is 72.0 cm³/mol. The van der Waals surface area contributed by atoms with E-state index in [2.05, 4.69) is 0 Å². The van der Waals surface area contributed by atoms with E-state index >= 15 is 0 Å². The van der Waals surface area contributed by atoms with Gasteiger partial charge in [0.15, 0.2) is 9.79 Å². The Labute approximate surface area is 110 Å². The summed E-state index contributed by atoms with van der Waals surface area (Å²) in [4.78, 5) is 1.49. The van der Waals surface area contributed by atoms with Crippen molar-refractivity contribution < 1.29 is 4.55 Å². The smallest absolute Gasteiger partial charge is 0.177 e. The van der Waals surface area contributed by atoms with Crippen molar-refractivity contribution in [3.63, 3.8) is 0 Å². The lowest BCUT2D eigenvalue weighted by molar-refractivity contribution is 0.594. The van der Waals surface area contributed by atoms with Crippen LogP contribution in [0.25, 0.3) is 0 Å². The summed E-state index contributed by atoms with van der Waals surface area (Å²) in [7, 11) is 0. The van der Waals surface area contributed by atoms with Gasteiger partial charge in [-0.05, 0) is 32.0 Å². The third-order valence-corrected chi connectivity index (χ3v) is 4.62. The molecule has 0 saturated heterocycles. The molecule has 0 aromatic heterocycles. The SMILES string of the molecule is Cc1ccc([S+]([O-])c2ccccc2Cl)c(C)c1. The molecule has 0 aliphatic carbocycles. The topological polar surface area (TPSA) is 23.1 Å². The fourth-order valence-corrected chi connectivity index (χ4v) is 3.29. The summed E-state index contributed by atoms with van der Waals surface area (Å²) in [5.41, 5.74) is 2.20. The summed E-state index contributed by atoms with van der Waals surface area (Å²) in [5, 5.41) is 0.547. The first-order valence-corrected chi connectivity index (χ1v) is 6.86.